The number of pyridine rings is 1. The molecule has 2 rings (SSSR count). The summed E-state index contributed by atoms with van der Waals surface area (Å²) < 4.78 is 0. The average Bonchev–Trinajstić information content (AvgIpc) is 2.44. The number of rotatable bonds is 5. The van der Waals surface area contributed by atoms with E-state index in [0.29, 0.717) is 5.56 Å². The van der Waals surface area contributed by atoms with Gasteiger partial charge in [-0.05, 0) is 31.5 Å². The summed E-state index contributed by atoms with van der Waals surface area (Å²) in [5, 5.41) is 6.28. The maximum absolute atomic E-state index is 11.9. The van der Waals surface area contributed by atoms with Crippen LogP contribution in [0.2, 0.25) is 0 Å². The zero-order valence-electron chi connectivity index (χ0n) is 11.5. The lowest BCUT2D eigenvalue weighted by Gasteiger charge is -2.27. The number of carbonyl (C=O) groups is 1. The van der Waals surface area contributed by atoms with Crippen molar-refractivity contribution in [3.05, 3.63) is 29.6 Å². The highest BCUT2D eigenvalue weighted by Crippen LogP contribution is 2.01. The van der Waals surface area contributed by atoms with Crippen molar-refractivity contribution in [2.75, 3.05) is 39.3 Å². The molecule has 1 saturated heterocycles. The Morgan fingerprint density at radius 1 is 1.42 bits per heavy atom. The van der Waals surface area contributed by atoms with E-state index in [-0.39, 0.29) is 5.91 Å². The molecule has 0 atom stereocenters. The molecule has 19 heavy (non-hydrogen) atoms. The SMILES string of the molecule is Cc1cncc(C(=O)NCCCN2CCNCC2)c1. The summed E-state index contributed by atoms with van der Waals surface area (Å²) in [6.07, 6.45) is 4.35. The minimum absolute atomic E-state index is 0.0310. The number of piperazine rings is 1. The second-order valence-electron chi connectivity index (χ2n) is 4.95. The Balaban J connectivity index is 1.66. The minimum atomic E-state index is -0.0310. The molecule has 1 amide bonds. The number of aryl methyl sites for hydroxylation is 1. The van der Waals surface area contributed by atoms with Crippen LogP contribution < -0.4 is 10.6 Å². The molecule has 104 valence electrons. The Kier molecular flexibility index (Phi) is 5.30. The van der Waals surface area contributed by atoms with Crippen molar-refractivity contribution in [3.63, 3.8) is 0 Å². The molecule has 0 bridgehead atoms. The van der Waals surface area contributed by atoms with Crippen molar-refractivity contribution >= 4 is 5.91 Å². The van der Waals surface area contributed by atoms with Gasteiger partial charge in [0.2, 0.25) is 0 Å². The van der Waals surface area contributed by atoms with Crippen LogP contribution in [0.1, 0.15) is 22.3 Å². The first kappa shape index (κ1) is 14.0. The molecule has 0 aliphatic carbocycles. The smallest absolute Gasteiger partial charge is 0.252 e. The molecule has 1 aliphatic heterocycles. The summed E-state index contributed by atoms with van der Waals surface area (Å²) in [6, 6.07) is 1.86. The first-order chi connectivity index (χ1) is 9.25. The monoisotopic (exact) mass is 262 g/mol. The van der Waals surface area contributed by atoms with Gasteiger partial charge >= 0.3 is 0 Å². The topological polar surface area (TPSA) is 57.3 Å². The standard InChI is InChI=1S/C14H22N4O/c1-12-9-13(11-16-10-12)14(19)17-3-2-6-18-7-4-15-5-8-18/h9-11,15H,2-8H2,1H3,(H,17,19). The van der Waals surface area contributed by atoms with Crippen molar-refractivity contribution in [1.29, 1.82) is 0 Å². The van der Waals surface area contributed by atoms with Crippen molar-refractivity contribution in [2.45, 2.75) is 13.3 Å². The van der Waals surface area contributed by atoms with Crippen molar-refractivity contribution in [3.8, 4) is 0 Å². The van der Waals surface area contributed by atoms with Crippen LogP contribution in [0.25, 0.3) is 0 Å². The lowest BCUT2D eigenvalue weighted by atomic mass is 10.2. The Morgan fingerprint density at radius 3 is 2.95 bits per heavy atom. The van der Waals surface area contributed by atoms with E-state index in [1.165, 1.54) is 0 Å². The van der Waals surface area contributed by atoms with E-state index < -0.39 is 0 Å². The van der Waals surface area contributed by atoms with E-state index in [2.05, 4.69) is 20.5 Å². The third-order valence-electron chi connectivity index (χ3n) is 3.28. The van der Waals surface area contributed by atoms with E-state index in [1.807, 2.05) is 13.0 Å². The normalized spacial score (nSPS) is 16.3. The van der Waals surface area contributed by atoms with Gasteiger partial charge < -0.3 is 15.5 Å². The molecular weight excluding hydrogens is 240 g/mol. The first-order valence-corrected chi connectivity index (χ1v) is 6.88. The average molecular weight is 262 g/mol. The Morgan fingerprint density at radius 2 is 2.21 bits per heavy atom. The zero-order valence-corrected chi connectivity index (χ0v) is 11.5. The van der Waals surface area contributed by atoms with Crippen LogP contribution >= 0.6 is 0 Å². The number of nitrogens with one attached hydrogen (secondary N) is 2. The van der Waals surface area contributed by atoms with E-state index in [9.17, 15) is 4.79 Å². The molecule has 5 heteroatoms. The van der Waals surface area contributed by atoms with Crippen LogP contribution in [0.5, 0.6) is 0 Å². The molecule has 0 radical (unpaired) electrons. The second-order valence-corrected chi connectivity index (χ2v) is 4.95. The highest BCUT2D eigenvalue weighted by Gasteiger charge is 2.09. The number of nitrogens with zero attached hydrogens (tertiary/aromatic N) is 2. The number of carbonyl (C=O) groups excluding carboxylic acids is 1. The largest absolute Gasteiger partial charge is 0.352 e. The lowest BCUT2D eigenvalue weighted by molar-refractivity contribution is 0.0951. The highest BCUT2D eigenvalue weighted by atomic mass is 16.1. The minimum Gasteiger partial charge on any atom is -0.352 e. The number of hydrogen-bond donors (Lipinski definition) is 2. The summed E-state index contributed by atoms with van der Waals surface area (Å²) in [5.41, 5.74) is 1.65. The van der Waals surface area contributed by atoms with Gasteiger partial charge in [-0.3, -0.25) is 9.78 Å². The molecule has 0 spiro atoms. The molecule has 0 unspecified atom stereocenters. The fourth-order valence-electron chi connectivity index (χ4n) is 2.22. The van der Waals surface area contributed by atoms with E-state index >= 15 is 0 Å². The quantitative estimate of drug-likeness (QED) is 0.755. The Hall–Kier alpha value is -1.46. The molecule has 1 fully saturated rings. The molecule has 0 saturated carbocycles. The van der Waals surface area contributed by atoms with E-state index in [4.69, 9.17) is 0 Å². The van der Waals surface area contributed by atoms with Crippen molar-refractivity contribution in [2.24, 2.45) is 0 Å². The van der Waals surface area contributed by atoms with Crippen LogP contribution in [0.15, 0.2) is 18.5 Å². The molecule has 1 aromatic rings. The fraction of sp³-hybridized carbons (Fsp3) is 0.571. The summed E-state index contributed by atoms with van der Waals surface area (Å²) in [5.74, 6) is -0.0310. The van der Waals surface area contributed by atoms with Crippen LogP contribution in [0.3, 0.4) is 0 Å². The predicted octanol–water partition coefficient (Wildman–Crippen LogP) is 0.415. The predicted molar refractivity (Wildman–Crippen MR) is 75.2 cm³/mol. The molecule has 1 aromatic heterocycles. The van der Waals surface area contributed by atoms with Gasteiger partial charge in [-0.1, -0.05) is 0 Å². The molecule has 5 nitrogen and oxygen atoms in total. The Bertz CT molecular complexity index is 416. The van der Waals surface area contributed by atoms with Gasteiger partial charge in [-0.15, -0.1) is 0 Å². The van der Waals surface area contributed by atoms with Crippen molar-refractivity contribution in [1.82, 2.24) is 20.5 Å². The van der Waals surface area contributed by atoms with Gasteiger partial charge in [0.05, 0.1) is 5.56 Å². The van der Waals surface area contributed by atoms with E-state index in [1.54, 1.807) is 12.4 Å². The fourth-order valence-corrected chi connectivity index (χ4v) is 2.22. The highest BCUT2D eigenvalue weighted by molar-refractivity contribution is 5.93. The maximum atomic E-state index is 11.9. The molecule has 2 heterocycles. The summed E-state index contributed by atoms with van der Waals surface area (Å²) in [4.78, 5) is 18.3. The van der Waals surface area contributed by atoms with Gasteiger partial charge in [0.25, 0.3) is 5.91 Å². The lowest BCUT2D eigenvalue weighted by Crippen LogP contribution is -2.44. The van der Waals surface area contributed by atoms with Crippen LogP contribution in [-0.4, -0.2) is 55.1 Å². The van der Waals surface area contributed by atoms with Gasteiger partial charge in [-0.25, -0.2) is 0 Å². The summed E-state index contributed by atoms with van der Waals surface area (Å²) >= 11 is 0. The summed E-state index contributed by atoms with van der Waals surface area (Å²) in [6.45, 7) is 8.06. The van der Waals surface area contributed by atoms with Gasteiger partial charge in [-0.2, -0.15) is 0 Å². The van der Waals surface area contributed by atoms with Crippen LogP contribution in [0.4, 0.5) is 0 Å². The second kappa shape index (κ2) is 7.21. The number of amides is 1. The zero-order chi connectivity index (χ0) is 13.5. The van der Waals surface area contributed by atoms with Gasteiger partial charge in [0, 0.05) is 45.1 Å². The Labute approximate surface area is 114 Å². The maximum Gasteiger partial charge on any atom is 0.252 e. The molecular formula is C14H22N4O. The summed E-state index contributed by atoms with van der Waals surface area (Å²) in [7, 11) is 0. The molecule has 0 aromatic carbocycles. The van der Waals surface area contributed by atoms with Gasteiger partial charge in [0.15, 0.2) is 0 Å². The molecule has 1 aliphatic rings. The van der Waals surface area contributed by atoms with E-state index in [0.717, 1.165) is 51.3 Å². The van der Waals surface area contributed by atoms with Gasteiger partial charge in [0.1, 0.15) is 0 Å². The number of hydrogen-bond acceptors (Lipinski definition) is 4. The molecule has 2 N–H and O–H groups in total. The first-order valence-electron chi connectivity index (χ1n) is 6.88. The van der Waals surface area contributed by atoms with Crippen LogP contribution in [-0.2, 0) is 0 Å². The number of aromatic nitrogens is 1. The third-order valence-corrected chi connectivity index (χ3v) is 3.28. The van der Waals surface area contributed by atoms with Crippen LogP contribution in [0, 0.1) is 6.92 Å². The third kappa shape index (κ3) is 4.61. The van der Waals surface area contributed by atoms with Crippen molar-refractivity contribution < 1.29 is 4.79 Å².